The molecular formula is C12H15F2N3O2. The molecule has 0 aliphatic carbocycles. The van der Waals surface area contributed by atoms with Gasteiger partial charge in [-0.15, -0.1) is 0 Å². The van der Waals surface area contributed by atoms with Gasteiger partial charge in [0.2, 0.25) is 5.91 Å². The number of primary amides is 1. The lowest BCUT2D eigenvalue weighted by Gasteiger charge is -2.20. The zero-order chi connectivity index (χ0) is 14.8. The van der Waals surface area contributed by atoms with E-state index < -0.39 is 28.9 Å². The molecule has 0 saturated heterocycles. The van der Waals surface area contributed by atoms with Crippen LogP contribution in [0.1, 0.15) is 24.2 Å². The summed E-state index contributed by atoms with van der Waals surface area (Å²) in [7, 11) is 0. The van der Waals surface area contributed by atoms with Crippen molar-refractivity contribution < 1.29 is 18.4 Å². The van der Waals surface area contributed by atoms with E-state index in [1.54, 1.807) is 13.8 Å². The van der Waals surface area contributed by atoms with Crippen LogP contribution in [0.5, 0.6) is 0 Å². The summed E-state index contributed by atoms with van der Waals surface area (Å²) in [6, 6.07) is 1.43. The van der Waals surface area contributed by atoms with Gasteiger partial charge in [0.15, 0.2) is 11.6 Å². The number of hydrogen-bond donors (Lipinski definition) is 3. The molecule has 0 spiro atoms. The number of nitrogens with one attached hydrogen (secondary N) is 1. The van der Waals surface area contributed by atoms with Gasteiger partial charge >= 0.3 is 0 Å². The van der Waals surface area contributed by atoms with Crippen LogP contribution in [0.4, 0.5) is 14.5 Å². The summed E-state index contributed by atoms with van der Waals surface area (Å²) in [6.07, 6.45) is 0. The number of nitrogens with two attached hydrogens (primary N) is 2. The Morgan fingerprint density at radius 1 is 1.26 bits per heavy atom. The average Bonchev–Trinajstić information content (AvgIpc) is 2.30. The fraction of sp³-hybridized carbons (Fsp3) is 0.333. The predicted octanol–water partition coefficient (Wildman–Crippen LogP) is 0.788. The maximum Gasteiger partial charge on any atom is 0.253 e. The molecular weight excluding hydrogens is 256 g/mol. The summed E-state index contributed by atoms with van der Waals surface area (Å²) >= 11 is 0. The lowest BCUT2D eigenvalue weighted by molar-refractivity contribution is -0.125. The number of halogens is 2. The molecule has 104 valence electrons. The van der Waals surface area contributed by atoms with Gasteiger partial charge in [-0.2, -0.15) is 0 Å². The van der Waals surface area contributed by atoms with Crippen molar-refractivity contribution in [3.63, 3.8) is 0 Å². The first-order valence-corrected chi connectivity index (χ1v) is 5.48. The van der Waals surface area contributed by atoms with E-state index in [0.717, 1.165) is 6.07 Å². The molecule has 0 aromatic heterocycles. The molecule has 2 amide bonds. The Kier molecular flexibility index (Phi) is 4.08. The summed E-state index contributed by atoms with van der Waals surface area (Å²) in [5.74, 6) is -3.60. The summed E-state index contributed by atoms with van der Waals surface area (Å²) in [4.78, 5) is 22.8. The van der Waals surface area contributed by atoms with Crippen molar-refractivity contribution >= 4 is 17.5 Å². The fourth-order valence-corrected chi connectivity index (χ4v) is 1.24. The standard InChI is InChI=1S/C12H15F2N3O2/c1-12(2,11(16)19)5-17-10(18)6-3-7(13)8(14)4-9(6)15/h3-4H,5,15H2,1-2H3,(H2,16,19)(H,17,18). The second-order valence-corrected chi connectivity index (χ2v) is 4.78. The van der Waals surface area contributed by atoms with Crippen LogP contribution in [0.2, 0.25) is 0 Å². The van der Waals surface area contributed by atoms with Crippen LogP contribution in [0.25, 0.3) is 0 Å². The third-order valence-electron chi connectivity index (χ3n) is 2.69. The van der Waals surface area contributed by atoms with Crippen molar-refractivity contribution in [3.05, 3.63) is 29.3 Å². The molecule has 0 unspecified atom stereocenters. The van der Waals surface area contributed by atoms with Gasteiger partial charge in [-0.1, -0.05) is 0 Å². The van der Waals surface area contributed by atoms with Gasteiger partial charge in [-0.25, -0.2) is 8.78 Å². The molecule has 5 nitrogen and oxygen atoms in total. The highest BCUT2D eigenvalue weighted by Crippen LogP contribution is 2.18. The average molecular weight is 271 g/mol. The Balaban J connectivity index is 2.86. The van der Waals surface area contributed by atoms with Crippen LogP contribution >= 0.6 is 0 Å². The van der Waals surface area contributed by atoms with Crippen molar-refractivity contribution in [2.75, 3.05) is 12.3 Å². The Morgan fingerprint density at radius 2 is 1.79 bits per heavy atom. The van der Waals surface area contributed by atoms with Crippen LogP contribution in [0, 0.1) is 17.0 Å². The molecule has 19 heavy (non-hydrogen) atoms. The normalized spacial score (nSPS) is 11.2. The number of benzene rings is 1. The van der Waals surface area contributed by atoms with Crippen molar-refractivity contribution in [2.24, 2.45) is 11.1 Å². The number of rotatable bonds is 4. The zero-order valence-electron chi connectivity index (χ0n) is 10.6. The highest BCUT2D eigenvalue weighted by molar-refractivity contribution is 5.99. The first kappa shape index (κ1) is 14.9. The Hall–Kier alpha value is -2.18. The van der Waals surface area contributed by atoms with E-state index >= 15 is 0 Å². The van der Waals surface area contributed by atoms with Gasteiger partial charge in [0.25, 0.3) is 5.91 Å². The molecule has 1 aromatic carbocycles. The topological polar surface area (TPSA) is 98.2 Å². The lowest BCUT2D eigenvalue weighted by Crippen LogP contribution is -2.42. The molecule has 0 aliphatic rings. The van der Waals surface area contributed by atoms with Gasteiger partial charge in [0, 0.05) is 18.3 Å². The van der Waals surface area contributed by atoms with Gasteiger partial charge < -0.3 is 16.8 Å². The lowest BCUT2D eigenvalue weighted by atomic mass is 9.92. The number of anilines is 1. The van der Waals surface area contributed by atoms with Crippen molar-refractivity contribution in [1.82, 2.24) is 5.32 Å². The van der Waals surface area contributed by atoms with E-state index in [1.165, 1.54) is 0 Å². The Morgan fingerprint density at radius 3 is 2.32 bits per heavy atom. The summed E-state index contributed by atoms with van der Waals surface area (Å²) < 4.78 is 25.9. The van der Waals surface area contributed by atoms with Gasteiger partial charge in [0.1, 0.15) is 0 Å². The van der Waals surface area contributed by atoms with Crippen LogP contribution in [0.3, 0.4) is 0 Å². The van der Waals surface area contributed by atoms with E-state index in [4.69, 9.17) is 11.5 Å². The van der Waals surface area contributed by atoms with E-state index in [0.29, 0.717) is 6.07 Å². The molecule has 0 fully saturated rings. The largest absolute Gasteiger partial charge is 0.398 e. The number of carbonyl (C=O) groups is 2. The zero-order valence-corrected chi connectivity index (χ0v) is 10.6. The molecule has 1 aromatic rings. The van der Waals surface area contributed by atoms with E-state index in [-0.39, 0.29) is 17.8 Å². The Labute approximate surface area is 109 Å². The molecule has 5 N–H and O–H groups in total. The van der Waals surface area contributed by atoms with E-state index in [1.807, 2.05) is 0 Å². The minimum atomic E-state index is -1.17. The highest BCUT2D eigenvalue weighted by atomic mass is 19.2. The number of carbonyl (C=O) groups excluding carboxylic acids is 2. The minimum Gasteiger partial charge on any atom is -0.398 e. The first-order chi connectivity index (χ1) is 8.65. The smallest absolute Gasteiger partial charge is 0.253 e. The van der Waals surface area contributed by atoms with Gasteiger partial charge in [0.05, 0.1) is 11.0 Å². The number of hydrogen-bond acceptors (Lipinski definition) is 3. The van der Waals surface area contributed by atoms with Crippen molar-refractivity contribution in [1.29, 1.82) is 0 Å². The highest BCUT2D eigenvalue weighted by Gasteiger charge is 2.26. The molecule has 0 bridgehead atoms. The van der Waals surface area contributed by atoms with Crippen LogP contribution < -0.4 is 16.8 Å². The maximum absolute atomic E-state index is 13.0. The molecule has 0 aliphatic heterocycles. The molecule has 0 heterocycles. The third kappa shape index (κ3) is 3.40. The first-order valence-electron chi connectivity index (χ1n) is 5.48. The van der Waals surface area contributed by atoms with Crippen LogP contribution in [0.15, 0.2) is 12.1 Å². The molecule has 0 saturated carbocycles. The number of amides is 2. The third-order valence-corrected chi connectivity index (χ3v) is 2.69. The fourth-order valence-electron chi connectivity index (χ4n) is 1.24. The molecule has 0 atom stereocenters. The summed E-state index contributed by atoms with van der Waals surface area (Å²) in [5, 5.41) is 2.40. The SMILES string of the molecule is CC(C)(CNC(=O)c1cc(F)c(F)cc1N)C(N)=O. The number of nitrogen functional groups attached to an aromatic ring is 1. The maximum atomic E-state index is 13.0. The minimum absolute atomic E-state index is 0.0421. The monoisotopic (exact) mass is 271 g/mol. The molecule has 0 radical (unpaired) electrons. The van der Waals surface area contributed by atoms with E-state index in [2.05, 4.69) is 5.32 Å². The second kappa shape index (κ2) is 5.21. The van der Waals surface area contributed by atoms with Crippen LogP contribution in [-0.4, -0.2) is 18.4 Å². The van der Waals surface area contributed by atoms with Gasteiger partial charge in [-0.05, 0) is 19.9 Å². The second-order valence-electron chi connectivity index (χ2n) is 4.78. The molecule has 1 rings (SSSR count). The van der Waals surface area contributed by atoms with Crippen molar-refractivity contribution in [2.45, 2.75) is 13.8 Å². The summed E-state index contributed by atoms with van der Waals surface area (Å²) in [5.41, 5.74) is 9.24. The van der Waals surface area contributed by atoms with E-state index in [9.17, 15) is 18.4 Å². The van der Waals surface area contributed by atoms with Gasteiger partial charge in [-0.3, -0.25) is 9.59 Å². The summed E-state index contributed by atoms with van der Waals surface area (Å²) in [6.45, 7) is 3.05. The van der Waals surface area contributed by atoms with Crippen LogP contribution in [-0.2, 0) is 4.79 Å². The Bertz CT molecular complexity index is 530. The quantitative estimate of drug-likeness (QED) is 0.706. The van der Waals surface area contributed by atoms with Crippen molar-refractivity contribution in [3.8, 4) is 0 Å². The predicted molar refractivity (Wildman–Crippen MR) is 66.1 cm³/mol. The molecule has 7 heteroatoms.